The predicted octanol–water partition coefficient (Wildman–Crippen LogP) is 4.11. The largest absolute Gasteiger partial charge is 0.321 e. The van der Waals surface area contributed by atoms with Gasteiger partial charge in [0, 0.05) is 29.0 Å². The number of aromatic amines is 1. The minimum atomic E-state index is -0.522. The number of hydrogen-bond donors (Lipinski definition) is 1. The summed E-state index contributed by atoms with van der Waals surface area (Å²) in [5.41, 5.74) is 3.61. The number of benzene rings is 2. The number of nitro groups is 1. The highest BCUT2D eigenvalue weighted by atomic mass is 16.6. The zero-order valence-corrected chi connectivity index (χ0v) is 14.2. The van der Waals surface area contributed by atoms with Crippen LogP contribution in [0.5, 0.6) is 0 Å². The molecular formula is C20H15N3O3. The topological polar surface area (TPSA) is 99.8 Å². The highest BCUT2D eigenvalue weighted by Gasteiger charge is 2.15. The zero-order valence-electron chi connectivity index (χ0n) is 14.2. The Morgan fingerprint density at radius 1 is 1.08 bits per heavy atom. The molecule has 0 bridgehead atoms. The third-order valence-corrected chi connectivity index (χ3v) is 4.19. The molecule has 0 fully saturated rings. The van der Waals surface area contributed by atoms with Crippen molar-refractivity contribution >= 4 is 5.69 Å². The van der Waals surface area contributed by atoms with Gasteiger partial charge in [0.05, 0.1) is 4.92 Å². The van der Waals surface area contributed by atoms with Crippen molar-refractivity contribution in [2.75, 3.05) is 0 Å². The van der Waals surface area contributed by atoms with Crippen molar-refractivity contribution < 1.29 is 4.92 Å². The third-order valence-electron chi connectivity index (χ3n) is 4.19. The van der Waals surface area contributed by atoms with Gasteiger partial charge in [-0.15, -0.1) is 0 Å². The Hall–Kier alpha value is -3.72. The molecule has 1 N–H and O–H groups in total. The fourth-order valence-corrected chi connectivity index (χ4v) is 2.95. The summed E-state index contributed by atoms with van der Waals surface area (Å²) in [6.45, 7) is 3.92. The molecule has 0 aliphatic rings. The smallest absolute Gasteiger partial charge is 0.270 e. The molecule has 0 atom stereocenters. The molecule has 0 saturated carbocycles. The lowest BCUT2D eigenvalue weighted by molar-refractivity contribution is -0.384. The molecule has 0 unspecified atom stereocenters. The van der Waals surface area contributed by atoms with Gasteiger partial charge < -0.3 is 4.98 Å². The molecule has 3 rings (SSSR count). The van der Waals surface area contributed by atoms with E-state index in [0.29, 0.717) is 16.8 Å². The Kier molecular flexibility index (Phi) is 4.38. The number of non-ortho nitro benzene ring substituents is 1. The van der Waals surface area contributed by atoms with Crippen molar-refractivity contribution in [3.8, 4) is 28.5 Å². The van der Waals surface area contributed by atoms with Gasteiger partial charge in [-0.05, 0) is 31.0 Å². The molecule has 1 heterocycles. The van der Waals surface area contributed by atoms with Gasteiger partial charge in [-0.3, -0.25) is 14.9 Å². The third kappa shape index (κ3) is 3.10. The number of aryl methyl sites for hydroxylation is 2. The predicted molar refractivity (Wildman–Crippen MR) is 98.8 cm³/mol. The molecule has 2 aromatic carbocycles. The number of hydrogen-bond acceptors (Lipinski definition) is 4. The van der Waals surface area contributed by atoms with Crippen LogP contribution in [0, 0.1) is 35.3 Å². The van der Waals surface area contributed by atoms with E-state index in [1.807, 2.05) is 38.1 Å². The van der Waals surface area contributed by atoms with E-state index in [-0.39, 0.29) is 11.3 Å². The van der Waals surface area contributed by atoms with Gasteiger partial charge in [0.2, 0.25) is 0 Å². The average Bonchev–Trinajstić information content (AvgIpc) is 2.61. The monoisotopic (exact) mass is 345 g/mol. The summed E-state index contributed by atoms with van der Waals surface area (Å²) < 4.78 is 0. The molecule has 6 heteroatoms. The summed E-state index contributed by atoms with van der Waals surface area (Å²) in [7, 11) is 0. The van der Waals surface area contributed by atoms with Gasteiger partial charge in [-0.25, -0.2) is 0 Å². The second-order valence-corrected chi connectivity index (χ2v) is 6.04. The van der Waals surface area contributed by atoms with E-state index >= 15 is 0 Å². The maximum absolute atomic E-state index is 12.4. The van der Waals surface area contributed by atoms with Crippen molar-refractivity contribution in [2.24, 2.45) is 0 Å². The van der Waals surface area contributed by atoms with Crippen LogP contribution in [0.15, 0.2) is 53.3 Å². The Balaban J connectivity index is 2.27. The number of nitrogens with zero attached hydrogens (tertiary/aromatic N) is 2. The first-order chi connectivity index (χ1) is 12.4. The maximum atomic E-state index is 12.4. The van der Waals surface area contributed by atoms with Crippen LogP contribution >= 0.6 is 0 Å². The lowest BCUT2D eigenvalue weighted by Gasteiger charge is -2.10. The van der Waals surface area contributed by atoms with Crippen LogP contribution in [0.3, 0.4) is 0 Å². The zero-order chi connectivity index (χ0) is 18.8. The Morgan fingerprint density at radius 2 is 1.85 bits per heavy atom. The summed E-state index contributed by atoms with van der Waals surface area (Å²) in [6, 6.07) is 15.3. The van der Waals surface area contributed by atoms with Crippen molar-refractivity contribution in [3.63, 3.8) is 0 Å². The van der Waals surface area contributed by atoms with Crippen LogP contribution in [0.2, 0.25) is 0 Å². The second-order valence-electron chi connectivity index (χ2n) is 6.04. The molecule has 26 heavy (non-hydrogen) atoms. The fraction of sp³-hybridized carbons (Fsp3) is 0.100. The molecule has 3 aromatic rings. The SMILES string of the molecule is Cc1ccc(-c2cc(-c3cccc([N+](=O)[O-])c3)c(C#N)c(=O)[nH]2)c(C)c1. The number of nitro benzene ring substituents is 1. The molecule has 128 valence electrons. The van der Waals surface area contributed by atoms with Crippen LogP contribution < -0.4 is 5.56 Å². The summed E-state index contributed by atoms with van der Waals surface area (Å²) in [5, 5.41) is 20.4. The molecule has 0 saturated heterocycles. The first-order valence-electron chi connectivity index (χ1n) is 7.90. The summed E-state index contributed by atoms with van der Waals surface area (Å²) in [5.74, 6) is 0. The molecule has 0 radical (unpaired) electrons. The van der Waals surface area contributed by atoms with Gasteiger partial charge >= 0.3 is 0 Å². The Bertz CT molecular complexity index is 1120. The van der Waals surface area contributed by atoms with E-state index in [1.54, 1.807) is 12.1 Å². The normalized spacial score (nSPS) is 10.3. The first-order valence-corrected chi connectivity index (χ1v) is 7.90. The number of rotatable bonds is 3. The van der Waals surface area contributed by atoms with Crippen molar-refractivity contribution in [1.82, 2.24) is 4.98 Å². The van der Waals surface area contributed by atoms with Gasteiger partial charge in [-0.2, -0.15) is 5.26 Å². The van der Waals surface area contributed by atoms with E-state index < -0.39 is 10.5 Å². The molecule has 0 aliphatic heterocycles. The maximum Gasteiger partial charge on any atom is 0.270 e. The Morgan fingerprint density at radius 3 is 2.50 bits per heavy atom. The molecule has 0 aliphatic carbocycles. The summed E-state index contributed by atoms with van der Waals surface area (Å²) in [6.07, 6.45) is 0. The number of nitriles is 1. The highest BCUT2D eigenvalue weighted by Crippen LogP contribution is 2.29. The van der Waals surface area contributed by atoms with E-state index in [2.05, 4.69) is 4.98 Å². The molecule has 0 spiro atoms. The summed E-state index contributed by atoms with van der Waals surface area (Å²) >= 11 is 0. The minimum Gasteiger partial charge on any atom is -0.321 e. The molecule has 0 amide bonds. The minimum absolute atomic E-state index is 0.0704. The lowest BCUT2D eigenvalue weighted by atomic mass is 9.96. The van der Waals surface area contributed by atoms with Gasteiger partial charge in [0.25, 0.3) is 11.2 Å². The fourth-order valence-electron chi connectivity index (χ4n) is 2.95. The second kappa shape index (κ2) is 6.65. The number of pyridine rings is 1. The van der Waals surface area contributed by atoms with Crippen LogP contribution in [-0.4, -0.2) is 9.91 Å². The van der Waals surface area contributed by atoms with Gasteiger partial charge in [0.1, 0.15) is 11.6 Å². The lowest BCUT2D eigenvalue weighted by Crippen LogP contribution is -2.13. The Labute approximate surface area is 149 Å². The molecular weight excluding hydrogens is 330 g/mol. The number of nitrogens with one attached hydrogen (secondary N) is 1. The standard InChI is InChI=1S/C20H15N3O3/c1-12-6-7-16(13(2)8-12)19-10-17(18(11-21)20(24)22-19)14-4-3-5-15(9-14)23(25)26/h3-10H,1-2H3,(H,22,24). The van der Waals surface area contributed by atoms with Crippen LogP contribution in [-0.2, 0) is 0 Å². The molecule has 1 aromatic heterocycles. The highest BCUT2D eigenvalue weighted by molar-refractivity contribution is 5.77. The van der Waals surface area contributed by atoms with Crippen molar-refractivity contribution in [1.29, 1.82) is 5.26 Å². The summed E-state index contributed by atoms with van der Waals surface area (Å²) in [4.78, 5) is 25.7. The quantitative estimate of drug-likeness (QED) is 0.570. The van der Waals surface area contributed by atoms with Gasteiger partial charge in [0.15, 0.2) is 0 Å². The average molecular weight is 345 g/mol. The van der Waals surface area contributed by atoms with E-state index in [0.717, 1.165) is 16.7 Å². The molecule has 6 nitrogen and oxygen atoms in total. The number of H-pyrrole nitrogens is 1. The van der Waals surface area contributed by atoms with Crippen LogP contribution in [0.4, 0.5) is 5.69 Å². The first kappa shape index (κ1) is 17.1. The van der Waals surface area contributed by atoms with Crippen molar-refractivity contribution in [2.45, 2.75) is 13.8 Å². The van der Waals surface area contributed by atoms with Gasteiger partial charge in [-0.1, -0.05) is 35.9 Å². The van der Waals surface area contributed by atoms with E-state index in [1.165, 1.54) is 18.2 Å². The van der Waals surface area contributed by atoms with E-state index in [9.17, 15) is 20.2 Å². The van der Waals surface area contributed by atoms with Crippen LogP contribution in [0.1, 0.15) is 16.7 Å². The van der Waals surface area contributed by atoms with Crippen LogP contribution in [0.25, 0.3) is 22.4 Å². The van der Waals surface area contributed by atoms with Crippen molar-refractivity contribution in [3.05, 3.63) is 85.7 Å². The van der Waals surface area contributed by atoms with E-state index in [4.69, 9.17) is 0 Å². The number of aromatic nitrogens is 1.